The topological polar surface area (TPSA) is 15.3 Å². The van der Waals surface area contributed by atoms with Crippen LogP contribution in [0.3, 0.4) is 0 Å². The van der Waals surface area contributed by atoms with Crippen molar-refractivity contribution < 1.29 is 4.39 Å². The highest BCUT2D eigenvalue weighted by molar-refractivity contribution is 4.76. The zero-order chi connectivity index (χ0) is 8.10. The highest BCUT2D eigenvalue weighted by Crippen LogP contribution is 2.05. The minimum Gasteiger partial charge on any atom is -0.313 e. The van der Waals surface area contributed by atoms with E-state index in [0.29, 0.717) is 12.6 Å². The summed E-state index contributed by atoms with van der Waals surface area (Å²) in [5.74, 6) is 0. The molecule has 0 aromatic carbocycles. The molecule has 1 unspecified atom stereocenters. The van der Waals surface area contributed by atoms with Gasteiger partial charge in [-0.15, -0.1) is 0 Å². The number of hydrogen-bond acceptors (Lipinski definition) is 2. The predicted octanol–water partition coefficient (Wildman–Crippen LogP) is 0.640. The third-order valence-corrected chi connectivity index (χ3v) is 2.16. The number of alkyl halides is 1. The predicted molar refractivity (Wildman–Crippen MR) is 44.5 cm³/mol. The molecule has 0 aromatic rings. The molecule has 3 heteroatoms. The molecule has 1 aliphatic heterocycles. The van der Waals surface area contributed by atoms with Gasteiger partial charge >= 0.3 is 0 Å². The molecule has 1 N–H and O–H groups in total. The first-order valence-corrected chi connectivity index (χ1v) is 4.31. The Balaban J connectivity index is 2.08. The second-order valence-electron chi connectivity index (χ2n) is 3.24. The van der Waals surface area contributed by atoms with Crippen LogP contribution in [-0.2, 0) is 0 Å². The van der Waals surface area contributed by atoms with Gasteiger partial charge in [-0.25, -0.2) is 4.39 Å². The monoisotopic (exact) mass is 160 g/mol. The molecule has 0 radical (unpaired) electrons. The van der Waals surface area contributed by atoms with E-state index in [4.69, 9.17) is 0 Å². The van der Waals surface area contributed by atoms with Crippen LogP contribution in [0.5, 0.6) is 0 Å². The third kappa shape index (κ3) is 3.16. The summed E-state index contributed by atoms with van der Waals surface area (Å²) in [6.45, 7) is 2.46. The molecular formula is C8H17FN2. The third-order valence-electron chi connectivity index (χ3n) is 2.16. The van der Waals surface area contributed by atoms with E-state index >= 15 is 0 Å². The van der Waals surface area contributed by atoms with Crippen LogP contribution < -0.4 is 5.32 Å². The van der Waals surface area contributed by atoms with Gasteiger partial charge in [-0.1, -0.05) is 0 Å². The highest BCUT2D eigenvalue weighted by atomic mass is 19.1. The lowest BCUT2D eigenvalue weighted by molar-refractivity contribution is 0.272. The van der Waals surface area contributed by atoms with Crippen molar-refractivity contribution in [2.45, 2.75) is 18.9 Å². The fraction of sp³-hybridized carbons (Fsp3) is 1.00. The van der Waals surface area contributed by atoms with Crippen molar-refractivity contribution in [3.8, 4) is 0 Å². The molecule has 1 fully saturated rings. The molecule has 0 amide bonds. The minimum atomic E-state index is -0.233. The molecule has 0 spiro atoms. The van der Waals surface area contributed by atoms with E-state index in [2.05, 4.69) is 5.32 Å². The zero-order valence-electron chi connectivity index (χ0n) is 7.15. The number of likely N-dealkylation sites (N-methyl/N-ethyl adjacent to an activating group) is 1. The van der Waals surface area contributed by atoms with Crippen molar-refractivity contribution in [1.82, 2.24) is 10.2 Å². The molecule has 0 bridgehead atoms. The van der Waals surface area contributed by atoms with Crippen molar-refractivity contribution in [1.29, 1.82) is 0 Å². The van der Waals surface area contributed by atoms with Crippen molar-refractivity contribution in [2.24, 2.45) is 0 Å². The van der Waals surface area contributed by atoms with Crippen LogP contribution in [-0.4, -0.2) is 44.3 Å². The lowest BCUT2D eigenvalue weighted by Crippen LogP contribution is -2.36. The number of nitrogens with zero attached hydrogens (tertiary/aromatic N) is 1. The lowest BCUT2D eigenvalue weighted by atomic mass is 10.2. The molecule has 2 nitrogen and oxygen atoms in total. The normalized spacial score (nSPS) is 24.8. The Morgan fingerprint density at radius 1 is 1.64 bits per heavy atom. The summed E-state index contributed by atoms with van der Waals surface area (Å²) in [6, 6.07) is 0.603. The molecule has 1 rings (SSSR count). The smallest absolute Gasteiger partial charge is 0.102 e. The fourth-order valence-corrected chi connectivity index (χ4v) is 1.52. The first-order valence-electron chi connectivity index (χ1n) is 4.31. The van der Waals surface area contributed by atoms with E-state index in [1.54, 1.807) is 0 Å². The van der Waals surface area contributed by atoms with Gasteiger partial charge in [0.25, 0.3) is 0 Å². The SMILES string of the molecule is CN(CCF)CC1CCCN1. The van der Waals surface area contributed by atoms with Crippen LogP contribution in [0.25, 0.3) is 0 Å². The first kappa shape index (κ1) is 8.94. The maximum Gasteiger partial charge on any atom is 0.102 e. The van der Waals surface area contributed by atoms with Gasteiger partial charge in [-0.2, -0.15) is 0 Å². The zero-order valence-corrected chi connectivity index (χ0v) is 7.15. The van der Waals surface area contributed by atoms with Crippen molar-refractivity contribution >= 4 is 0 Å². The summed E-state index contributed by atoms with van der Waals surface area (Å²) >= 11 is 0. The Labute approximate surface area is 67.8 Å². The van der Waals surface area contributed by atoms with E-state index in [9.17, 15) is 4.39 Å². The van der Waals surface area contributed by atoms with Gasteiger partial charge in [0.2, 0.25) is 0 Å². The molecule has 1 aliphatic rings. The quantitative estimate of drug-likeness (QED) is 0.649. The summed E-state index contributed by atoms with van der Waals surface area (Å²) in [7, 11) is 1.97. The number of halogens is 1. The van der Waals surface area contributed by atoms with Gasteiger partial charge < -0.3 is 10.2 Å². The summed E-state index contributed by atoms with van der Waals surface area (Å²) in [4.78, 5) is 2.04. The van der Waals surface area contributed by atoms with Crippen LogP contribution in [0.1, 0.15) is 12.8 Å². The molecule has 1 saturated heterocycles. The van der Waals surface area contributed by atoms with Gasteiger partial charge in [-0.3, -0.25) is 0 Å². The summed E-state index contributed by atoms with van der Waals surface area (Å²) in [5, 5.41) is 3.38. The summed E-state index contributed by atoms with van der Waals surface area (Å²) in [5.41, 5.74) is 0. The highest BCUT2D eigenvalue weighted by Gasteiger charge is 2.15. The van der Waals surface area contributed by atoms with Crippen molar-refractivity contribution in [2.75, 3.05) is 33.4 Å². The second kappa shape index (κ2) is 4.67. The second-order valence-corrected chi connectivity index (χ2v) is 3.24. The summed E-state index contributed by atoms with van der Waals surface area (Å²) in [6.07, 6.45) is 2.52. The van der Waals surface area contributed by atoms with Gasteiger partial charge in [0.15, 0.2) is 0 Å². The summed E-state index contributed by atoms with van der Waals surface area (Å²) < 4.78 is 11.9. The molecular weight excluding hydrogens is 143 g/mol. The van der Waals surface area contributed by atoms with E-state index in [1.807, 2.05) is 11.9 Å². The fourth-order valence-electron chi connectivity index (χ4n) is 1.52. The van der Waals surface area contributed by atoms with Crippen LogP contribution in [0.15, 0.2) is 0 Å². The average molecular weight is 160 g/mol. The van der Waals surface area contributed by atoms with E-state index < -0.39 is 0 Å². The standard InChI is InChI=1S/C8H17FN2/c1-11(6-4-9)7-8-3-2-5-10-8/h8,10H,2-7H2,1H3. The van der Waals surface area contributed by atoms with Crippen LogP contribution in [0.4, 0.5) is 4.39 Å². The number of rotatable bonds is 4. The Hall–Kier alpha value is -0.150. The van der Waals surface area contributed by atoms with Gasteiger partial charge in [0.1, 0.15) is 6.67 Å². The maximum absolute atomic E-state index is 11.9. The molecule has 1 atom stereocenters. The molecule has 0 saturated carbocycles. The average Bonchev–Trinajstić information content (AvgIpc) is 2.40. The number of nitrogens with one attached hydrogen (secondary N) is 1. The van der Waals surface area contributed by atoms with E-state index in [1.165, 1.54) is 12.8 Å². The van der Waals surface area contributed by atoms with Crippen molar-refractivity contribution in [3.63, 3.8) is 0 Å². The molecule has 0 aromatic heterocycles. The Morgan fingerprint density at radius 2 is 2.45 bits per heavy atom. The molecule has 1 heterocycles. The van der Waals surface area contributed by atoms with Crippen LogP contribution in [0, 0.1) is 0 Å². The van der Waals surface area contributed by atoms with Crippen LogP contribution in [0.2, 0.25) is 0 Å². The van der Waals surface area contributed by atoms with Crippen molar-refractivity contribution in [3.05, 3.63) is 0 Å². The Kier molecular flexibility index (Phi) is 3.80. The molecule has 0 aliphatic carbocycles. The number of hydrogen-bond donors (Lipinski definition) is 1. The largest absolute Gasteiger partial charge is 0.313 e. The van der Waals surface area contributed by atoms with Gasteiger partial charge in [-0.05, 0) is 26.4 Å². The Morgan fingerprint density at radius 3 is 3.00 bits per heavy atom. The molecule has 11 heavy (non-hydrogen) atoms. The first-order chi connectivity index (χ1) is 5.33. The van der Waals surface area contributed by atoms with Crippen LogP contribution >= 0.6 is 0 Å². The Bertz CT molecular complexity index is 102. The van der Waals surface area contributed by atoms with E-state index in [0.717, 1.165) is 13.1 Å². The maximum atomic E-state index is 11.9. The van der Waals surface area contributed by atoms with Gasteiger partial charge in [0, 0.05) is 19.1 Å². The van der Waals surface area contributed by atoms with Gasteiger partial charge in [0.05, 0.1) is 0 Å². The van der Waals surface area contributed by atoms with E-state index in [-0.39, 0.29) is 6.67 Å². The molecule has 66 valence electrons. The minimum absolute atomic E-state index is 0.233. The lowest BCUT2D eigenvalue weighted by Gasteiger charge is -2.19.